The molecule has 3 nitrogen and oxygen atoms in total. The van der Waals surface area contributed by atoms with Crippen LogP contribution in [0.15, 0.2) is 53.4 Å². The van der Waals surface area contributed by atoms with E-state index in [1.807, 2.05) is 26.0 Å². The highest BCUT2D eigenvalue weighted by Crippen LogP contribution is 2.48. The second-order valence-corrected chi connectivity index (χ2v) is 10.3. The first-order valence-corrected chi connectivity index (χ1v) is 11.5. The highest BCUT2D eigenvalue weighted by atomic mass is 32.2. The van der Waals surface area contributed by atoms with Gasteiger partial charge in [0.2, 0.25) is 0 Å². The molecule has 2 aliphatic rings. The number of carbonyl (C=O) groups excluding carboxylic acids is 1. The van der Waals surface area contributed by atoms with Gasteiger partial charge in [-0.1, -0.05) is 19.6 Å². The summed E-state index contributed by atoms with van der Waals surface area (Å²) in [5.41, 5.74) is 1.95. The van der Waals surface area contributed by atoms with Crippen LogP contribution in [-0.2, 0) is 0 Å². The van der Waals surface area contributed by atoms with E-state index in [2.05, 4.69) is 11.9 Å². The molecule has 2 aliphatic carbocycles. The first-order chi connectivity index (χ1) is 14.6. The van der Waals surface area contributed by atoms with E-state index in [9.17, 15) is 18.7 Å². The summed E-state index contributed by atoms with van der Waals surface area (Å²) in [6, 6.07) is 9.01. The van der Waals surface area contributed by atoms with Crippen molar-refractivity contribution in [3.8, 4) is 0 Å². The normalized spacial score (nSPS) is 26.0. The summed E-state index contributed by atoms with van der Waals surface area (Å²) in [7, 11) is 0. The van der Waals surface area contributed by atoms with Gasteiger partial charge in [-0.25, -0.2) is 8.78 Å². The summed E-state index contributed by atoms with van der Waals surface area (Å²) in [5, 5.41) is 13.6. The molecule has 0 radical (unpaired) electrons. The highest BCUT2D eigenvalue weighted by Gasteiger charge is 2.39. The Kier molecular flexibility index (Phi) is 5.97. The monoisotopic (exact) mass is 443 g/mol. The third-order valence-corrected chi connectivity index (χ3v) is 7.83. The number of nitrogens with one attached hydrogen (secondary N) is 1. The van der Waals surface area contributed by atoms with E-state index in [0.29, 0.717) is 11.5 Å². The SMILES string of the molecule is C=C1C[C@H](Sc2cc(C(=O)Nc3ccc(F)c(F)c3)ccc2C2CC2)CC(C)[C@@]1(C)O. The van der Waals surface area contributed by atoms with Crippen molar-refractivity contribution < 1.29 is 18.7 Å². The topological polar surface area (TPSA) is 49.3 Å². The second-order valence-electron chi connectivity index (χ2n) is 8.94. The maximum absolute atomic E-state index is 13.5. The van der Waals surface area contributed by atoms with Crippen LogP contribution in [0, 0.1) is 17.6 Å². The Morgan fingerprint density at radius 2 is 1.94 bits per heavy atom. The van der Waals surface area contributed by atoms with E-state index in [4.69, 9.17) is 0 Å². The van der Waals surface area contributed by atoms with E-state index < -0.39 is 17.2 Å². The van der Waals surface area contributed by atoms with Gasteiger partial charge in [-0.3, -0.25) is 4.79 Å². The number of carbonyl (C=O) groups is 1. The molecule has 1 unspecified atom stereocenters. The molecule has 4 rings (SSSR count). The Labute approximate surface area is 185 Å². The van der Waals surface area contributed by atoms with Crippen LogP contribution >= 0.6 is 11.8 Å². The Balaban J connectivity index is 1.55. The number of rotatable bonds is 5. The molecule has 0 aromatic heterocycles. The molecule has 0 spiro atoms. The molecule has 0 bridgehead atoms. The average Bonchev–Trinajstić information content (AvgIpc) is 3.54. The molecule has 31 heavy (non-hydrogen) atoms. The average molecular weight is 444 g/mol. The molecule has 0 saturated heterocycles. The number of amides is 1. The molecule has 2 saturated carbocycles. The van der Waals surface area contributed by atoms with Gasteiger partial charge in [-0.2, -0.15) is 0 Å². The van der Waals surface area contributed by atoms with Crippen molar-refractivity contribution in [1.29, 1.82) is 0 Å². The summed E-state index contributed by atoms with van der Waals surface area (Å²) in [4.78, 5) is 13.8. The number of anilines is 1. The quantitative estimate of drug-likeness (QED) is 0.534. The number of aliphatic hydroxyl groups is 1. The van der Waals surface area contributed by atoms with Crippen molar-refractivity contribution >= 4 is 23.4 Å². The molecule has 2 aromatic rings. The molecule has 1 amide bonds. The lowest BCUT2D eigenvalue weighted by Crippen LogP contribution is -2.41. The van der Waals surface area contributed by atoms with Gasteiger partial charge in [0.1, 0.15) is 0 Å². The van der Waals surface area contributed by atoms with E-state index in [1.54, 1.807) is 17.8 Å². The molecule has 0 aliphatic heterocycles. The predicted octanol–water partition coefficient (Wildman–Crippen LogP) is 6.29. The van der Waals surface area contributed by atoms with Crippen LogP contribution in [0.2, 0.25) is 0 Å². The molecule has 0 heterocycles. The summed E-state index contributed by atoms with van der Waals surface area (Å²) in [5.74, 6) is -1.68. The second kappa shape index (κ2) is 8.40. The minimum absolute atomic E-state index is 0.107. The van der Waals surface area contributed by atoms with Gasteiger partial charge in [0.05, 0.1) is 5.60 Å². The van der Waals surface area contributed by atoms with Gasteiger partial charge in [-0.15, -0.1) is 11.8 Å². The van der Waals surface area contributed by atoms with E-state index >= 15 is 0 Å². The number of hydrogen-bond acceptors (Lipinski definition) is 3. The standard InChI is InChI=1S/C25H27F2NO2S/c1-14-10-19(11-15(2)25(14,3)30)31-23-12-17(6-8-20(23)16-4-5-16)24(29)28-18-7-9-21(26)22(27)13-18/h6-9,12-13,15-16,19,30H,1,4-5,10-11H2,2-3H3,(H,28,29)/t15?,19-,25-/m0/s1. The lowest BCUT2D eigenvalue weighted by Gasteiger charge is -2.40. The molecule has 164 valence electrons. The van der Waals surface area contributed by atoms with Crippen molar-refractivity contribution in [3.63, 3.8) is 0 Å². The van der Waals surface area contributed by atoms with Crippen molar-refractivity contribution in [2.24, 2.45) is 5.92 Å². The minimum Gasteiger partial charge on any atom is -0.386 e. The zero-order chi connectivity index (χ0) is 22.3. The zero-order valence-corrected chi connectivity index (χ0v) is 18.6. The van der Waals surface area contributed by atoms with Crippen LogP contribution in [0.3, 0.4) is 0 Å². The fourth-order valence-corrected chi connectivity index (χ4v) is 5.69. The predicted molar refractivity (Wildman–Crippen MR) is 121 cm³/mol. The lowest BCUT2D eigenvalue weighted by molar-refractivity contribution is 0.0237. The van der Waals surface area contributed by atoms with Crippen molar-refractivity contribution in [2.45, 2.75) is 61.2 Å². The van der Waals surface area contributed by atoms with Gasteiger partial charge in [0.15, 0.2) is 11.6 Å². The van der Waals surface area contributed by atoms with Gasteiger partial charge < -0.3 is 10.4 Å². The Hall–Kier alpha value is -2.18. The Bertz CT molecular complexity index is 1030. The Morgan fingerprint density at radius 3 is 2.58 bits per heavy atom. The highest BCUT2D eigenvalue weighted by molar-refractivity contribution is 8.00. The summed E-state index contributed by atoms with van der Waals surface area (Å²) in [6.45, 7) is 7.98. The summed E-state index contributed by atoms with van der Waals surface area (Å²) < 4.78 is 26.6. The lowest BCUT2D eigenvalue weighted by atomic mass is 9.74. The summed E-state index contributed by atoms with van der Waals surface area (Å²) >= 11 is 1.75. The maximum Gasteiger partial charge on any atom is 0.255 e. The van der Waals surface area contributed by atoms with Crippen molar-refractivity contribution in [3.05, 3.63) is 71.3 Å². The maximum atomic E-state index is 13.5. The minimum atomic E-state index is -0.999. The van der Waals surface area contributed by atoms with E-state index in [0.717, 1.165) is 48.3 Å². The molecular weight excluding hydrogens is 416 g/mol. The fraction of sp³-hybridized carbons (Fsp3) is 0.400. The van der Waals surface area contributed by atoms with Crippen molar-refractivity contribution in [2.75, 3.05) is 5.32 Å². The van der Waals surface area contributed by atoms with Crippen LogP contribution in [0.1, 0.15) is 61.4 Å². The fourth-order valence-electron chi connectivity index (χ4n) is 4.09. The van der Waals surface area contributed by atoms with E-state index in [-0.39, 0.29) is 22.8 Å². The number of thioether (sulfide) groups is 1. The summed E-state index contributed by atoms with van der Waals surface area (Å²) in [6.07, 6.45) is 3.90. The van der Waals surface area contributed by atoms with Crippen LogP contribution in [-0.4, -0.2) is 21.9 Å². The Morgan fingerprint density at radius 1 is 1.19 bits per heavy atom. The van der Waals surface area contributed by atoms with Crippen LogP contribution in [0.25, 0.3) is 0 Å². The molecule has 3 atom stereocenters. The van der Waals surface area contributed by atoms with Crippen LogP contribution < -0.4 is 5.32 Å². The molecule has 6 heteroatoms. The zero-order valence-electron chi connectivity index (χ0n) is 17.8. The molecule has 2 N–H and O–H groups in total. The number of hydrogen-bond donors (Lipinski definition) is 2. The first-order valence-electron chi connectivity index (χ1n) is 10.6. The third kappa shape index (κ3) is 4.70. The molecule has 2 aromatic carbocycles. The number of halogens is 2. The van der Waals surface area contributed by atoms with Crippen molar-refractivity contribution in [1.82, 2.24) is 0 Å². The van der Waals surface area contributed by atoms with E-state index in [1.165, 1.54) is 11.6 Å². The smallest absolute Gasteiger partial charge is 0.255 e. The van der Waals surface area contributed by atoms with Gasteiger partial charge >= 0.3 is 0 Å². The van der Waals surface area contributed by atoms with Gasteiger partial charge in [0.25, 0.3) is 5.91 Å². The van der Waals surface area contributed by atoms with Gasteiger partial charge in [-0.05, 0) is 79.8 Å². The molecular formula is C25H27F2NO2S. The third-order valence-electron chi connectivity index (χ3n) is 6.53. The van der Waals surface area contributed by atoms with Crippen LogP contribution in [0.4, 0.5) is 14.5 Å². The molecule has 2 fully saturated rings. The van der Waals surface area contributed by atoms with Crippen LogP contribution in [0.5, 0.6) is 0 Å². The van der Waals surface area contributed by atoms with Gasteiger partial charge in [0, 0.05) is 27.5 Å². The first kappa shape index (κ1) is 22.0. The largest absolute Gasteiger partial charge is 0.386 e. The number of benzene rings is 2.